The van der Waals surface area contributed by atoms with Crippen molar-refractivity contribution >= 4 is 0 Å². The molecule has 2 N–H and O–H groups in total. The van der Waals surface area contributed by atoms with Crippen molar-refractivity contribution < 1.29 is 19.7 Å². The Morgan fingerprint density at radius 2 is 0.964 bits per heavy atom. The Morgan fingerprint density at radius 3 is 1.32 bits per heavy atom. The number of aliphatic hydroxyl groups excluding tert-OH is 2. The lowest BCUT2D eigenvalue weighted by Crippen LogP contribution is -2.06. The third-order valence-corrected chi connectivity index (χ3v) is 4.50. The zero-order chi connectivity index (χ0) is 19.6. The zero-order valence-corrected chi connectivity index (χ0v) is 15.9. The van der Waals surface area contributed by atoms with E-state index in [9.17, 15) is 10.2 Å². The zero-order valence-electron chi connectivity index (χ0n) is 15.9. The molecule has 0 spiro atoms. The second-order valence-electron chi connectivity index (χ2n) is 6.56. The van der Waals surface area contributed by atoms with Crippen molar-refractivity contribution in [3.8, 4) is 11.5 Å². The smallest absolute Gasteiger partial charge is 0.161 e. The Labute approximate surface area is 166 Å². The maximum absolute atomic E-state index is 9.40. The molecule has 0 aliphatic carbocycles. The van der Waals surface area contributed by atoms with Gasteiger partial charge in [-0.3, -0.25) is 0 Å². The lowest BCUT2D eigenvalue weighted by molar-refractivity contribution is 0.254. The van der Waals surface area contributed by atoms with E-state index < -0.39 is 0 Å². The van der Waals surface area contributed by atoms with Crippen LogP contribution in [0, 0.1) is 0 Å². The van der Waals surface area contributed by atoms with Gasteiger partial charge in [0, 0.05) is 13.2 Å². The van der Waals surface area contributed by atoms with Gasteiger partial charge in [-0.05, 0) is 47.2 Å². The van der Waals surface area contributed by atoms with Crippen molar-refractivity contribution in [1.82, 2.24) is 0 Å². The Hall–Kier alpha value is -2.82. The topological polar surface area (TPSA) is 58.9 Å². The summed E-state index contributed by atoms with van der Waals surface area (Å²) in [5, 5.41) is 18.8. The van der Waals surface area contributed by atoms with Crippen molar-refractivity contribution in [2.45, 2.75) is 26.1 Å². The average Bonchev–Trinajstić information content (AvgIpc) is 2.74. The van der Waals surface area contributed by atoms with E-state index in [-0.39, 0.29) is 13.2 Å². The first kappa shape index (κ1) is 19.9. The van der Waals surface area contributed by atoms with E-state index in [1.54, 1.807) is 0 Å². The summed E-state index contributed by atoms with van der Waals surface area (Å²) in [6.45, 7) is 0.947. The highest BCUT2D eigenvalue weighted by Crippen LogP contribution is 2.33. The van der Waals surface area contributed by atoms with Crippen LogP contribution in [0.3, 0.4) is 0 Å². The maximum atomic E-state index is 9.40. The lowest BCUT2D eigenvalue weighted by atomic mass is 10.0. The number of hydrogen-bond acceptors (Lipinski definition) is 4. The number of rotatable bonds is 10. The van der Waals surface area contributed by atoms with E-state index >= 15 is 0 Å². The van der Waals surface area contributed by atoms with Crippen LogP contribution in [0.1, 0.15) is 22.3 Å². The molecule has 0 amide bonds. The van der Waals surface area contributed by atoms with Crippen LogP contribution >= 0.6 is 0 Å². The van der Waals surface area contributed by atoms with Crippen molar-refractivity contribution in [3.05, 3.63) is 95.1 Å². The predicted molar refractivity (Wildman–Crippen MR) is 110 cm³/mol. The van der Waals surface area contributed by atoms with Crippen LogP contribution in [-0.2, 0) is 26.1 Å². The summed E-state index contributed by atoms with van der Waals surface area (Å²) in [6.07, 6.45) is 1.02. The second-order valence-corrected chi connectivity index (χ2v) is 6.56. The lowest BCUT2D eigenvalue weighted by Gasteiger charge is -2.17. The van der Waals surface area contributed by atoms with Crippen LogP contribution in [0.25, 0.3) is 0 Å². The number of benzene rings is 3. The summed E-state index contributed by atoms with van der Waals surface area (Å²) in [5.41, 5.74) is 4.07. The molecule has 0 heterocycles. The minimum atomic E-state index is 0.0424. The fourth-order valence-electron chi connectivity index (χ4n) is 3.05. The minimum Gasteiger partial charge on any atom is -0.485 e. The van der Waals surface area contributed by atoms with Gasteiger partial charge in [-0.15, -0.1) is 0 Å². The van der Waals surface area contributed by atoms with Gasteiger partial charge in [0.2, 0.25) is 0 Å². The molecule has 4 heteroatoms. The van der Waals surface area contributed by atoms with Crippen molar-refractivity contribution in [2.75, 3.05) is 13.2 Å². The molecule has 3 aromatic rings. The summed E-state index contributed by atoms with van der Waals surface area (Å²) in [5.74, 6) is 1.29. The van der Waals surface area contributed by atoms with Gasteiger partial charge < -0.3 is 19.7 Å². The molecule has 0 aliphatic heterocycles. The molecule has 0 atom stereocenters. The van der Waals surface area contributed by atoms with Crippen LogP contribution in [0.15, 0.2) is 72.8 Å². The molecule has 0 unspecified atom stereocenters. The fourth-order valence-corrected chi connectivity index (χ4v) is 3.05. The normalized spacial score (nSPS) is 10.6. The van der Waals surface area contributed by atoms with Gasteiger partial charge in [0.15, 0.2) is 11.5 Å². The molecule has 146 valence electrons. The molecule has 3 aromatic carbocycles. The van der Waals surface area contributed by atoms with E-state index in [1.807, 2.05) is 72.8 Å². The van der Waals surface area contributed by atoms with Gasteiger partial charge in [-0.1, -0.05) is 60.7 Å². The van der Waals surface area contributed by atoms with E-state index in [0.717, 1.165) is 22.3 Å². The first-order chi connectivity index (χ1) is 13.8. The molecule has 0 aliphatic rings. The van der Waals surface area contributed by atoms with E-state index in [4.69, 9.17) is 9.47 Å². The fraction of sp³-hybridized carbons (Fsp3) is 0.250. The highest BCUT2D eigenvalue weighted by Gasteiger charge is 2.13. The first-order valence-electron chi connectivity index (χ1n) is 9.51. The first-order valence-corrected chi connectivity index (χ1v) is 9.51. The van der Waals surface area contributed by atoms with Crippen LogP contribution in [-0.4, -0.2) is 23.4 Å². The van der Waals surface area contributed by atoms with Gasteiger partial charge in [-0.2, -0.15) is 0 Å². The van der Waals surface area contributed by atoms with E-state index in [0.29, 0.717) is 37.6 Å². The molecule has 28 heavy (non-hydrogen) atoms. The molecule has 3 rings (SSSR count). The Balaban J connectivity index is 1.85. The number of aliphatic hydroxyl groups is 2. The molecule has 0 bridgehead atoms. The third kappa shape index (κ3) is 5.59. The van der Waals surface area contributed by atoms with Crippen LogP contribution in [0.5, 0.6) is 11.5 Å². The maximum Gasteiger partial charge on any atom is 0.161 e. The van der Waals surface area contributed by atoms with Crippen LogP contribution < -0.4 is 9.47 Å². The predicted octanol–water partition coefficient (Wildman–Crippen LogP) is 3.91. The summed E-state index contributed by atoms with van der Waals surface area (Å²) in [4.78, 5) is 0. The Bertz CT molecular complexity index is 775. The summed E-state index contributed by atoms with van der Waals surface area (Å²) < 4.78 is 12.1. The number of hydrogen-bond donors (Lipinski definition) is 2. The molecular weight excluding hydrogens is 352 g/mol. The van der Waals surface area contributed by atoms with Gasteiger partial charge in [0.05, 0.1) is 0 Å². The van der Waals surface area contributed by atoms with E-state index in [2.05, 4.69) is 0 Å². The van der Waals surface area contributed by atoms with Gasteiger partial charge >= 0.3 is 0 Å². The molecule has 4 nitrogen and oxygen atoms in total. The summed E-state index contributed by atoms with van der Waals surface area (Å²) in [6, 6.07) is 23.8. The molecule has 0 saturated heterocycles. The highest BCUT2D eigenvalue weighted by atomic mass is 16.5. The van der Waals surface area contributed by atoms with Gasteiger partial charge in [0.1, 0.15) is 13.2 Å². The second kappa shape index (κ2) is 10.5. The molecule has 0 radical (unpaired) electrons. The minimum absolute atomic E-state index is 0.0424. The van der Waals surface area contributed by atoms with Crippen LogP contribution in [0.2, 0.25) is 0 Å². The highest BCUT2D eigenvalue weighted by molar-refractivity contribution is 5.48. The molecular formula is C24H26O4. The van der Waals surface area contributed by atoms with Crippen molar-refractivity contribution in [1.29, 1.82) is 0 Å². The summed E-state index contributed by atoms with van der Waals surface area (Å²) in [7, 11) is 0. The van der Waals surface area contributed by atoms with Gasteiger partial charge in [-0.25, -0.2) is 0 Å². The number of ether oxygens (including phenoxy) is 2. The Kier molecular flexibility index (Phi) is 7.47. The summed E-state index contributed by atoms with van der Waals surface area (Å²) >= 11 is 0. The third-order valence-electron chi connectivity index (χ3n) is 4.50. The van der Waals surface area contributed by atoms with Crippen molar-refractivity contribution in [3.63, 3.8) is 0 Å². The van der Waals surface area contributed by atoms with Crippen LogP contribution in [0.4, 0.5) is 0 Å². The Morgan fingerprint density at radius 1 is 0.571 bits per heavy atom. The van der Waals surface area contributed by atoms with E-state index in [1.165, 1.54) is 0 Å². The molecule has 0 fully saturated rings. The van der Waals surface area contributed by atoms with Gasteiger partial charge in [0.25, 0.3) is 0 Å². The molecule has 0 saturated carbocycles. The quantitative estimate of drug-likeness (QED) is 0.562. The largest absolute Gasteiger partial charge is 0.485 e. The monoisotopic (exact) mass is 378 g/mol. The molecule has 0 aromatic heterocycles. The average molecular weight is 378 g/mol. The van der Waals surface area contributed by atoms with Crippen molar-refractivity contribution in [2.24, 2.45) is 0 Å². The SMILES string of the molecule is OCCc1cc(OCc2ccccc2)c(OCc2ccccc2)cc1CCO. The standard InChI is InChI=1S/C24H26O4/c25-13-11-21-15-23(27-17-19-7-3-1-4-8-19)24(16-22(21)12-14-26)28-18-20-9-5-2-6-10-20/h1-10,15-16,25-26H,11-14,17-18H2.